The Hall–Kier alpha value is -2.17. The first kappa shape index (κ1) is 23.5. The van der Waals surface area contributed by atoms with E-state index in [1.165, 1.54) is 70.6 Å². The Balaban J connectivity index is 1.29. The molecule has 31 heavy (non-hydrogen) atoms. The van der Waals surface area contributed by atoms with Crippen LogP contribution < -0.4 is 9.47 Å². The van der Waals surface area contributed by atoms with Gasteiger partial charge in [-0.05, 0) is 24.8 Å². The molecule has 5 heteroatoms. The van der Waals surface area contributed by atoms with Crippen LogP contribution in [0.3, 0.4) is 0 Å². The molecule has 2 aromatic heterocycles. The van der Waals surface area contributed by atoms with Crippen molar-refractivity contribution < 1.29 is 9.47 Å². The van der Waals surface area contributed by atoms with Crippen molar-refractivity contribution in [2.24, 2.45) is 5.92 Å². The van der Waals surface area contributed by atoms with Crippen LogP contribution in [0, 0.1) is 5.92 Å². The lowest BCUT2D eigenvalue weighted by atomic mass is 10.1. The summed E-state index contributed by atoms with van der Waals surface area (Å²) in [5.74, 6) is 2.31. The molecule has 0 amide bonds. The number of unbranched alkanes of at least 4 members (excludes halogenated alkanes) is 8. The van der Waals surface area contributed by atoms with E-state index in [4.69, 9.17) is 9.47 Å². The van der Waals surface area contributed by atoms with Crippen molar-refractivity contribution in [3.63, 3.8) is 0 Å². The topological polar surface area (TPSA) is 57.1 Å². The van der Waals surface area contributed by atoms with Crippen LogP contribution in [0.1, 0.15) is 90.4 Å². The normalized spacial score (nSPS) is 13.3. The van der Waals surface area contributed by atoms with Gasteiger partial charge in [0.25, 0.3) is 0 Å². The average molecular weight is 426 g/mol. The number of hydrogen-bond donors (Lipinski definition) is 0. The van der Waals surface area contributed by atoms with Gasteiger partial charge in [-0.2, -0.15) is 0 Å². The van der Waals surface area contributed by atoms with E-state index >= 15 is 0 Å². The van der Waals surface area contributed by atoms with Crippen LogP contribution >= 0.6 is 0 Å². The van der Waals surface area contributed by atoms with Crippen LogP contribution in [0.4, 0.5) is 0 Å². The minimum atomic E-state index is 0.586. The van der Waals surface area contributed by atoms with Crippen LogP contribution in [0.2, 0.25) is 0 Å². The van der Waals surface area contributed by atoms with Gasteiger partial charge in [0.2, 0.25) is 11.8 Å². The summed E-state index contributed by atoms with van der Waals surface area (Å²) < 4.78 is 11.5. The average Bonchev–Trinajstić information content (AvgIpc) is 3.63. The van der Waals surface area contributed by atoms with E-state index in [1.54, 1.807) is 18.6 Å². The molecule has 0 unspecified atom stereocenters. The Morgan fingerprint density at radius 2 is 1.39 bits per heavy atom. The number of ether oxygens (including phenoxy) is 2. The van der Waals surface area contributed by atoms with E-state index < -0.39 is 0 Å². The summed E-state index contributed by atoms with van der Waals surface area (Å²) in [6, 6.07) is 3.89. The molecule has 0 aliphatic heterocycles. The van der Waals surface area contributed by atoms with Crippen molar-refractivity contribution in [1.82, 2.24) is 15.0 Å². The summed E-state index contributed by atoms with van der Waals surface area (Å²) in [6.45, 7) is 3.68. The smallest absolute Gasteiger partial charge is 0.232 e. The first-order valence-corrected chi connectivity index (χ1v) is 12.4. The van der Waals surface area contributed by atoms with Gasteiger partial charge in [-0.3, -0.25) is 0 Å². The van der Waals surface area contributed by atoms with Gasteiger partial charge in [-0.1, -0.05) is 77.6 Å². The zero-order valence-electron chi connectivity index (χ0n) is 19.2. The minimum Gasteiger partial charge on any atom is -0.478 e. The van der Waals surface area contributed by atoms with Crippen molar-refractivity contribution in [1.29, 1.82) is 0 Å². The SMILES string of the molecule is CCCCCCCCOc1cnc(-c2ccc(OCCCCCCC3CC3)nc2)cn1. The molecule has 0 aromatic carbocycles. The molecule has 3 rings (SSSR count). The molecule has 0 atom stereocenters. The van der Waals surface area contributed by atoms with Gasteiger partial charge < -0.3 is 9.47 Å². The van der Waals surface area contributed by atoms with E-state index in [0.29, 0.717) is 18.4 Å². The molecule has 0 spiro atoms. The van der Waals surface area contributed by atoms with Gasteiger partial charge in [0.05, 0.1) is 31.3 Å². The fourth-order valence-corrected chi connectivity index (χ4v) is 3.69. The van der Waals surface area contributed by atoms with Crippen LogP contribution in [-0.4, -0.2) is 28.2 Å². The molecule has 0 N–H and O–H groups in total. The number of rotatable bonds is 17. The van der Waals surface area contributed by atoms with Gasteiger partial charge in [0, 0.05) is 17.8 Å². The van der Waals surface area contributed by atoms with Crippen molar-refractivity contribution in [2.75, 3.05) is 13.2 Å². The highest BCUT2D eigenvalue weighted by atomic mass is 16.5. The van der Waals surface area contributed by atoms with Crippen LogP contribution in [-0.2, 0) is 0 Å². The van der Waals surface area contributed by atoms with Gasteiger partial charge in [-0.15, -0.1) is 0 Å². The Morgan fingerprint density at radius 1 is 0.710 bits per heavy atom. The number of pyridine rings is 1. The minimum absolute atomic E-state index is 0.586. The third-order valence-electron chi connectivity index (χ3n) is 5.86. The summed E-state index contributed by atoms with van der Waals surface area (Å²) in [5, 5.41) is 0. The lowest BCUT2D eigenvalue weighted by Gasteiger charge is -2.07. The predicted octanol–water partition coefficient (Wildman–Crippen LogP) is 7.02. The first-order valence-electron chi connectivity index (χ1n) is 12.4. The maximum atomic E-state index is 5.77. The number of hydrogen-bond acceptors (Lipinski definition) is 5. The first-order chi connectivity index (χ1) is 15.3. The molecule has 1 saturated carbocycles. The van der Waals surface area contributed by atoms with Crippen LogP contribution in [0.5, 0.6) is 11.8 Å². The highest BCUT2D eigenvalue weighted by Gasteiger charge is 2.19. The standard InChI is InChI=1S/C26H39N3O2/c1-2-3-4-5-7-10-18-31-26-21-27-24(20-29-26)23-15-16-25(28-19-23)30-17-11-8-6-9-12-22-13-14-22/h15-16,19-22H,2-14,17-18H2,1H3. The van der Waals surface area contributed by atoms with Gasteiger partial charge in [0.1, 0.15) is 0 Å². The molecule has 1 fully saturated rings. The third-order valence-corrected chi connectivity index (χ3v) is 5.86. The highest BCUT2D eigenvalue weighted by Crippen LogP contribution is 2.34. The van der Waals surface area contributed by atoms with Gasteiger partial charge in [-0.25, -0.2) is 15.0 Å². The Bertz CT molecular complexity index is 714. The molecule has 0 saturated heterocycles. The lowest BCUT2D eigenvalue weighted by molar-refractivity contribution is 0.292. The van der Waals surface area contributed by atoms with E-state index in [2.05, 4.69) is 21.9 Å². The van der Waals surface area contributed by atoms with Gasteiger partial charge >= 0.3 is 0 Å². The van der Waals surface area contributed by atoms with E-state index in [-0.39, 0.29) is 0 Å². The van der Waals surface area contributed by atoms with Crippen molar-refractivity contribution in [3.8, 4) is 23.0 Å². The second-order valence-corrected chi connectivity index (χ2v) is 8.74. The second-order valence-electron chi connectivity index (χ2n) is 8.74. The molecule has 0 radical (unpaired) electrons. The maximum absolute atomic E-state index is 5.77. The quantitative estimate of drug-likeness (QED) is 0.255. The largest absolute Gasteiger partial charge is 0.478 e. The molecule has 5 nitrogen and oxygen atoms in total. The van der Waals surface area contributed by atoms with Crippen molar-refractivity contribution >= 4 is 0 Å². The number of aromatic nitrogens is 3. The van der Waals surface area contributed by atoms with Crippen LogP contribution in [0.25, 0.3) is 11.3 Å². The monoisotopic (exact) mass is 425 g/mol. The molecule has 0 bridgehead atoms. The van der Waals surface area contributed by atoms with Crippen molar-refractivity contribution in [2.45, 2.75) is 90.4 Å². The molecular formula is C26H39N3O2. The summed E-state index contributed by atoms with van der Waals surface area (Å²) >= 11 is 0. The molecule has 2 heterocycles. The second kappa shape index (κ2) is 14.0. The maximum Gasteiger partial charge on any atom is 0.232 e. The zero-order chi connectivity index (χ0) is 21.6. The third kappa shape index (κ3) is 9.67. The summed E-state index contributed by atoms with van der Waals surface area (Å²) in [5.41, 5.74) is 1.73. The lowest BCUT2D eigenvalue weighted by Crippen LogP contribution is -2.00. The molecule has 1 aliphatic carbocycles. The Kier molecular flexibility index (Phi) is 10.6. The van der Waals surface area contributed by atoms with E-state index in [0.717, 1.165) is 36.6 Å². The molecule has 170 valence electrons. The summed E-state index contributed by atoms with van der Waals surface area (Å²) in [4.78, 5) is 13.3. The van der Waals surface area contributed by atoms with Gasteiger partial charge in [0.15, 0.2) is 0 Å². The predicted molar refractivity (Wildman–Crippen MR) is 125 cm³/mol. The summed E-state index contributed by atoms with van der Waals surface area (Å²) in [7, 11) is 0. The Morgan fingerprint density at radius 3 is 2.03 bits per heavy atom. The molecule has 2 aromatic rings. The highest BCUT2D eigenvalue weighted by molar-refractivity contribution is 5.57. The molecule has 1 aliphatic rings. The van der Waals surface area contributed by atoms with Crippen LogP contribution in [0.15, 0.2) is 30.7 Å². The zero-order valence-corrected chi connectivity index (χ0v) is 19.2. The molecular weight excluding hydrogens is 386 g/mol. The number of nitrogens with zero attached hydrogens (tertiary/aromatic N) is 3. The fraction of sp³-hybridized carbons (Fsp3) is 0.654. The van der Waals surface area contributed by atoms with Crippen molar-refractivity contribution in [3.05, 3.63) is 30.7 Å². The summed E-state index contributed by atoms with van der Waals surface area (Å²) in [6.07, 6.45) is 22.1. The van der Waals surface area contributed by atoms with E-state index in [1.807, 2.05) is 12.1 Å². The fourth-order valence-electron chi connectivity index (χ4n) is 3.69. The Labute approximate surface area is 188 Å². The van der Waals surface area contributed by atoms with E-state index in [9.17, 15) is 0 Å².